The van der Waals surface area contributed by atoms with E-state index in [4.69, 9.17) is 0 Å². The van der Waals surface area contributed by atoms with Gasteiger partial charge in [-0.15, -0.1) is 0 Å². The van der Waals surface area contributed by atoms with Gasteiger partial charge in [0.1, 0.15) is 0 Å². The second kappa shape index (κ2) is 3.94. The molecule has 17 heavy (non-hydrogen) atoms. The highest BCUT2D eigenvalue weighted by Crippen LogP contribution is 2.22. The first kappa shape index (κ1) is 11.7. The zero-order chi connectivity index (χ0) is 12.6. The van der Waals surface area contributed by atoms with E-state index in [-0.39, 0.29) is 10.5 Å². The fourth-order valence-electron chi connectivity index (χ4n) is 1.61. The van der Waals surface area contributed by atoms with E-state index in [0.29, 0.717) is 0 Å². The van der Waals surface area contributed by atoms with Crippen LogP contribution in [0.15, 0.2) is 29.2 Å². The van der Waals surface area contributed by atoms with E-state index in [1.807, 2.05) is 4.72 Å². The van der Waals surface area contributed by atoms with Crippen LogP contribution in [0.3, 0.4) is 0 Å². The molecule has 1 aromatic rings. The number of ether oxygens (including phenoxy) is 1. The Bertz CT molecular complexity index is 592. The van der Waals surface area contributed by atoms with Crippen molar-refractivity contribution in [1.29, 1.82) is 0 Å². The second-order valence-electron chi connectivity index (χ2n) is 3.44. The molecule has 1 aliphatic heterocycles. The minimum absolute atomic E-state index is 0.00153. The van der Waals surface area contributed by atoms with Crippen LogP contribution in [0.2, 0.25) is 0 Å². The lowest BCUT2D eigenvalue weighted by Gasteiger charge is -2.22. The zero-order valence-electron chi connectivity index (χ0n) is 8.84. The number of benzene rings is 1. The molecule has 1 heterocycles. The molecule has 0 spiro atoms. The molecule has 1 aliphatic rings. The van der Waals surface area contributed by atoms with Crippen LogP contribution in [0.4, 0.5) is 0 Å². The number of nitrogens with one attached hydrogen (secondary N) is 1. The molecule has 1 atom stereocenters. The summed E-state index contributed by atoms with van der Waals surface area (Å²) in [6, 6.07) is 4.21. The summed E-state index contributed by atoms with van der Waals surface area (Å²) in [6.45, 7) is 0. The third kappa shape index (κ3) is 1.83. The standard InChI is InChI=1S/C10H9NO5S/c1-16-10(13)8-9(12)6-4-2-3-5-7(6)17(14,15)11-8/h2-5,8,11H,1H3. The summed E-state index contributed by atoms with van der Waals surface area (Å²) in [5.74, 6) is -1.53. The predicted molar refractivity (Wildman–Crippen MR) is 56.9 cm³/mol. The monoisotopic (exact) mass is 255 g/mol. The number of hydrogen-bond acceptors (Lipinski definition) is 5. The van der Waals surface area contributed by atoms with Gasteiger partial charge in [0.25, 0.3) is 0 Å². The van der Waals surface area contributed by atoms with Crippen LogP contribution in [0, 0.1) is 0 Å². The molecule has 0 fully saturated rings. The number of Topliss-reactive ketones (excluding diaryl/α,β-unsaturated/α-hetero) is 1. The van der Waals surface area contributed by atoms with Crippen LogP contribution < -0.4 is 4.72 Å². The van der Waals surface area contributed by atoms with E-state index >= 15 is 0 Å². The zero-order valence-corrected chi connectivity index (χ0v) is 9.65. The Morgan fingerprint density at radius 1 is 1.35 bits per heavy atom. The second-order valence-corrected chi connectivity index (χ2v) is 5.12. The third-order valence-electron chi connectivity index (χ3n) is 2.41. The van der Waals surface area contributed by atoms with Gasteiger partial charge in [-0.1, -0.05) is 12.1 Å². The van der Waals surface area contributed by atoms with E-state index in [9.17, 15) is 18.0 Å². The highest BCUT2D eigenvalue weighted by atomic mass is 32.2. The van der Waals surface area contributed by atoms with Crippen LogP contribution in [-0.4, -0.2) is 33.3 Å². The summed E-state index contributed by atoms with van der Waals surface area (Å²) in [7, 11) is -2.76. The number of carbonyl (C=O) groups is 2. The van der Waals surface area contributed by atoms with Gasteiger partial charge in [0, 0.05) is 5.56 Å². The summed E-state index contributed by atoms with van der Waals surface area (Å²) in [6.07, 6.45) is 0. The Labute approximate surface area is 97.6 Å². The SMILES string of the molecule is COC(=O)C1NS(=O)(=O)c2ccccc2C1=O. The van der Waals surface area contributed by atoms with Gasteiger partial charge in [-0.25, -0.2) is 13.2 Å². The van der Waals surface area contributed by atoms with Crippen molar-refractivity contribution in [3.05, 3.63) is 29.8 Å². The van der Waals surface area contributed by atoms with Gasteiger partial charge in [0.05, 0.1) is 12.0 Å². The Morgan fingerprint density at radius 3 is 2.65 bits per heavy atom. The fraction of sp³-hybridized carbons (Fsp3) is 0.200. The van der Waals surface area contributed by atoms with Gasteiger partial charge in [0.2, 0.25) is 10.0 Å². The number of methoxy groups -OCH3 is 1. The van der Waals surface area contributed by atoms with Crippen molar-refractivity contribution >= 4 is 21.8 Å². The topological polar surface area (TPSA) is 89.5 Å². The molecule has 1 N–H and O–H groups in total. The molecule has 1 aromatic carbocycles. The minimum atomic E-state index is -3.85. The first-order chi connectivity index (χ1) is 7.97. The number of carbonyl (C=O) groups excluding carboxylic acids is 2. The number of rotatable bonds is 1. The molecule has 2 rings (SSSR count). The Morgan fingerprint density at radius 2 is 2.00 bits per heavy atom. The normalized spacial score (nSPS) is 21.7. The van der Waals surface area contributed by atoms with Crippen LogP contribution in [0.5, 0.6) is 0 Å². The largest absolute Gasteiger partial charge is 0.467 e. The van der Waals surface area contributed by atoms with Crippen molar-refractivity contribution in [3.8, 4) is 0 Å². The molecule has 0 saturated carbocycles. The minimum Gasteiger partial charge on any atom is -0.467 e. The Hall–Kier alpha value is -1.73. The van der Waals surface area contributed by atoms with Crippen molar-refractivity contribution in [3.63, 3.8) is 0 Å². The molecule has 0 radical (unpaired) electrons. The number of fused-ring (bicyclic) bond motifs is 1. The van der Waals surface area contributed by atoms with Gasteiger partial charge in [-0.3, -0.25) is 4.79 Å². The van der Waals surface area contributed by atoms with Gasteiger partial charge in [0.15, 0.2) is 11.8 Å². The number of sulfonamides is 1. The maximum Gasteiger partial charge on any atom is 0.332 e. The van der Waals surface area contributed by atoms with Crippen molar-refractivity contribution in [1.82, 2.24) is 4.72 Å². The molecular formula is C10H9NO5S. The van der Waals surface area contributed by atoms with Crippen LogP contribution in [0.25, 0.3) is 0 Å². The Kier molecular flexibility index (Phi) is 2.72. The van der Waals surface area contributed by atoms with Crippen molar-refractivity contribution < 1.29 is 22.7 Å². The molecule has 0 amide bonds. The number of esters is 1. The van der Waals surface area contributed by atoms with Crippen LogP contribution in [-0.2, 0) is 19.6 Å². The van der Waals surface area contributed by atoms with Crippen molar-refractivity contribution in [2.75, 3.05) is 7.11 Å². The van der Waals surface area contributed by atoms with Crippen molar-refractivity contribution in [2.24, 2.45) is 0 Å². The van der Waals surface area contributed by atoms with Gasteiger partial charge >= 0.3 is 5.97 Å². The summed E-state index contributed by atoms with van der Waals surface area (Å²) in [4.78, 5) is 23.1. The van der Waals surface area contributed by atoms with Gasteiger partial charge in [-0.05, 0) is 12.1 Å². The van der Waals surface area contributed by atoms with Crippen molar-refractivity contribution in [2.45, 2.75) is 10.9 Å². The lowest BCUT2D eigenvalue weighted by atomic mass is 10.0. The molecule has 7 heteroatoms. The van der Waals surface area contributed by atoms with Gasteiger partial charge < -0.3 is 4.74 Å². The number of ketones is 1. The summed E-state index contributed by atoms with van der Waals surface area (Å²) >= 11 is 0. The summed E-state index contributed by atoms with van der Waals surface area (Å²) < 4.78 is 29.9. The molecule has 0 saturated heterocycles. The Balaban J connectivity index is 2.60. The van der Waals surface area contributed by atoms with Crippen LogP contribution in [0.1, 0.15) is 10.4 Å². The van der Waals surface area contributed by atoms with E-state index in [1.165, 1.54) is 24.3 Å². The van der Waals surface area contributed by atoms with E-state index in [0.717, 1.165) is 7.11 Å². The molecule has 0 aromatic heterocycles. The maximum atomic E-state index is 11.9. The molecular weight excluding hydrogens is 246 g/mol. The molecule has 1 unspecified atom stereocenters. The molecule has 0 aliphatic carbocycles. The van der Waals surface area contributed by atoms with E-state index in [1.54, 1.807) is 0 Å². The first-order valence-electron chi connectivity index (χ1n) is 4.71. The van der Waals surface area contributed by atoms with E-state index in [2.05, 4.69) is 4.74 Å². The highest BCUT2D eigenvalue weighted by molar-refractivity contribution is 7.89. The average molecular weight is 255 g/mol. The van der Waals surface area contributed by atoms with Gasteiger partial charge in [-0.2, -0.15) is 4.72 Å². The molecule has 6 nitrogen and oxygen atoms in total. The summed E-state index contributed by atoms with van der Waals surface area (Å²) in [5, 5.41) is 0. The fourth-order valence-corrected chi connectivity index (χ4v) is 2.96. The quantitative estimate of drug-likeness (QED) is 0.550. The summed E-state index contributed by atoms with van der Waals surface area (Å²) in [5.41, 5.74) is 0.00153. The smallest absolute Gasteiger partial charge is 0.332 e. The predicted octanol–water partition coefficient (Wildman–Crippen LogP) is -0.297. The highest BCUT2D eigenvalue weighted by Gasteiger charge is 2.40. The van der Waals surface area contributed by atoms with E-state index < -0.39 is 27.8 Å². The first-order valence-corrected chi connectivity index (χ1v) is 6.19. The lowest BCUT2D eigenvalue weighted by molar-refractivity contribution is -0.141. The molecule has 0 bridgehead atoms. The molecule has 90 valence electrons. The third-order valence-corrected chi connectivity index (χ3v) is 3.90. The lowest BCUT2D eigenvalue weighted by Crippen LogP contribution is -2.50. The average Bonchev–Trinajstić information content (AvgIpc) is 2.33. The number of hydrogen-bond donors (Lipinski definition) is 1. The van der Waals surface area contributed by atoms with Crippen LogP contribution >= 0.6 is 0 Å². The maximum absolute atomic E-state index is 11.9.